The highest BCUT2D eigenvalue weighted by atomic mass is 19.1. The number of anilines is 2. The van der Waals surface area contributed by atoms with Crippen LogP contribution in [0.2, 0.25) is 0 Å². The fraction of sp³-hybridized carbons (Fsp3) is 0.500. The molecular weight excluding hydrogens is 355 g/mol. The third-order valence-corrected chi connectivity index (χ3v) is 5.28. The summed E-state index contributed by atoms with van der Waals surface area (Å²) in [6, 6.07) is 5.01. The second-order valence-corrected chi connectivity index (χ2v) is 7.16. The molecule has 3 amide bonds. The van der Waals surface area contributed by atoms with Gasteiger partial charge in [-0.15, -0.1) is 0 Å². The van der Waals surface area contributed by atoms with Gasteiger partial charge < -0.3 is 19.9 Å². The van der Waals surface area contributed by atoms with E-state index in [0.717, 1.165) is 0 Å². The van der Waals surface area contributed by atoms with Gasteiger partial charge in [0, 0.05) is 26.9 Å². The Hall–Kier alpha value is -2.84. The number of rotatable bonds is 4. The lowest BCUT2D eigenvalue weighted by Gasteiger charge is -2.24. The predicted octanol–water partition coefficient (Wildman–Crippen LogP) is 0.706. The summed E-state index contributed by atoms with van der Waals surface area (Å²) in [5, 5.41) is 2.61. The Bertz CT molecular complexity index is 805. The zero-order valence-corrected chi connectivity index (χ0v) is 15.1. The van der Waals surface area contributed by atoms with Crippen LogP contribution in [0.25, 0.3) is 0 Å². The SMILES string of the molecule is CC(=O)NCC1CN(c2ccc(N3CC4C(C3)N4C(C)=O)c(F)c2)C(=O)O1. The van der Waals surface area contributed by atoms with Gasteiger partial charge in [0.15, 0.2) is 0 Å². The largest absolute Gasteiger partial charge is 0.442 e. The van der Waals surface area contributed by atoms with E-state index in [9.17, 15) is 18.8 Å². The van der Waals surface area contributed by atoms with Crippen molar-refractivity contribution in [2.75, 3.05) is 36.0 Å². The molecule has 1 N–H and O–H groups in total. The second kappa shape index (κ2) is 6.40. The van der Waals surface area contributed by atoms with Gasteiger partial charge in [0.25, 0.3) is 0 Å². The van der Waals surface area contributed by atoms with Crippen LogP contribution in [0.3, 0.4) is 0 Å². The van der Waals surface area contributed by atoms with E-state index in [0.29, 0.717) is 24.5 Å². The van der Waals surface area contributed by atoms with Gasteiger partial charge in [-0.05, 0) is 18.2 Å². The van der Waals surface area contributed by atoms with Crippen LogP contribution in [0.5, 0.6) is 0 Å². The number of amides is 3. The van der Waals surface area contributed by atoms with Crippen molar-refractivity contribution in [1.82, 2.24) is 10.2 Å². The maximum absolute atomic E-state index is 14.7. The lowest BCUT2D eigenvalue weighted by molar-refractivity contribution is -0.124. The number of nitrogens with zero attached hydrogens (tertiary/aromatic N) is 3. The van der Waals surface area contributed by atoms with E-state index in [1.165, 1.54) is 17.9 Å². The van der Waals surface area contributed by atoms with Gasteiger partial charge in [-0.1, -0.05) is 0 Å². The standard InChI is InChI=1S/C18H21FN4O4/c1-10(24)20-6-13-7-22(18(26)27-13)12-3-4-15(14(19)5-12)21-8-16-17(9-21)23(16)11(2)25/h3-5,13,16-17H,6-9H2,1-2H3,(H,20,24). The summed E-state index contributed by atoms with van der Waals surface area (Å²) < 4.78 is 19.9. The Balaban J connectivity index is 1.41. The van der Waals surface area contributed by atoms with Crippen LogP contribution in [0.4, 0.5) is 20.6 Å². The second-order valence-electron chi connectivity index (χ2n) is 7.16. The Morgan fingerprint density at radius 3 is 2.52 bits per heavy atom. The number of cyclic esters (lactones) is 1. The number of nitrogens with one attached hydrogen (secondary N) is 1. The average Bonchev–Trinajstić information content (AvgIpc) is 2.94. The molecule has 3 saturated heterocycles. The number of halogens is 1. The molecule has 1 aromatic rings. The van der Waals surface area contributed by atoms with Gasteiger partial charge in [-0.25, -0.2) is 9.18 Å². The zero-order chi connectivity index (χ0) is 19.3. The Labute approximate surface area is 155 Å². The molecule has 0 aromatic heterocycles. The Kier molecular flexibility index (Phi) is 4.16. The third kappa shape index (κ3) is 3.17. The highest BCUT2D eigenvalue weighted by Gasteiger charge is 2.55. The van der Waals surface area contributed by atoms with Gasteiger partial charge in [-0.2, -0.15) is 0 Å². The minimum absolute atomic E-state index is 0.0573. The first-order chi connectivity index (χ1) is 12.8. The highest BCUT2D eigenvalue weighted by molar-refractivity contribution is 5.90. The maximum Gasteiger partial charge on any atom is 0.414 e. The number of piperazine rings is 1. The number of carbonyl (C=O) groups excluding carboxylic acids is 3. The van der Waals surface area contributed by atoms with Gasteiger partial charge in [0.1, 0.15) is 11.9 Å². The zero-order valence-electron chi connectivity index (χ0n) is 15.1. The molecule has 3 heterocycles. The van der Waals surface area contributed by atoms with E-state index in [-0.39, 0.29) is 37.0 Å². The monoisotopic (exact) mass is 376 g/mol. The number of hydrogen-bond donors (Lipinski definition) is 1. The third-order valence-electron chi connectivity index (χ3n) is 5.28. The van der Waals surface area contributed by atoms with Gasteiger partial charge in [-0.3, -0.25) is 14.5 Å². The first kappa shape index (κ1) is 17.6. The van der Waals surface area contributed by atoms with E-state index in [1.807, 2.05) is 9.80 Å². The van der Waals surface area contributed by atoms with Crippen molar-refractivity contribution in [1.29, 1.82) is 0 Å². The number of benzene rings is 1. The first-order valence-electron chi connectivity index (χ1n) is 8.91. The number of fused-ring (bicyclic) bond motifs is 1. The smallest absolute Gasteiger partial charge is 0.414 e. The molecule has 27 heavy (non-hydrogen) atoms. The van der Waals surface area contributed by atoms with Gasteiger partial charge in [0.2, 0.25) is 11.8 Å². The minimum Gasteiger partial charge on any atom is -0.442 e. The maximum atomic E-state index is 14.7. The molecule has 0 saturated carbocycles. The van der Waals surface area contributed by atoms with E-state index in [1.54, 1.807) is 19.1 Å². The lowest BCUT2D eigenvalue weighted by Crippen LogP contribution is -2.33. The molecule has 3 aliphatic heterocycles. The highest BCUT2D eigenvalue weighted by Crippen LogP contribution is 2.39. The molecule has 8 nitrogen and oxygen atoms in total. The predicted molar refractivity (Wildman–Crippen MR) is 95.0 cm³/mol. The van der Waals surface area contributed by atoms with Crippen molar-refractivity contribution in [3.8, 4) is 0 Å². The normalized spacial score (nSPS) is 26.1. The van der Waals surface area contributed by atoms with Crippen molar-refractivity contribution >= 4 is 29.3 Å². The molecule has 3 aliphatic rings. The average molecular weight is 376 g/mol. The molecule has 3 fully saturated rings. The Morgan fingerprint density at radius 2 is 1.93 bits per heavy atom. The van der Waals surface area contributed by atoms with E-state index in [2.05, 4.69) is 5.32 Å². The fourth-order valence-electron chi connectivity index (χ4n) is 3.96. The number of ether oxygens (including phenoxy) is 1. The van der Waals surface area contributed by atoms with Crippen LogP contribution >= 0.6 is 0 Å². The summed E-state index contributed by atoms with van der Waals surface area (Å²) in [5.74, 6) is -0.560. The quantitative estimate of drug-likeness (QED) is 0.783. The molecule has 0 bridgehead atoms. The Morgan fingerprint density at radius 1 is 1.22 bits per heavy atom. The van der Waals surface area contributed by atoms with E-state index >= 15 is 0 Å². The van der Waals surface area contributed by atoms with Crippen LogP contribution in [0.1, 0.15) is 13.8 Å². The van der Waals surface area contributed by atoms with Crippen LogP contribution in [0, 0.1) is 5.82 Å². The molecular formula is C18H21FN4O4. The molecule has 9 heteroatoms. The van der Waals surface area contributed by atoms with Crippen molar-refractivity contribution in [2.45, 2.75) is 32.0 Å². The minimum atomic E-state index is -0.558. The van der Waals surface area contributed by atoms with Crippen molar-refractivity contribution in [2.24, 2.45) is 0 Å². The summed E-state index contributed by atoms with van der Waals surface area (Å²) in [6.07, 6.45) is -1.02. The summed E-state index contributed by atoms with van der Waals surface area (Å²) in [7, 11) is 0. The molecule has 144 valence electrons. The van der Waals surface area contributed by atoms with E-state index < -0.39 is 18.0 Å². The summed E-state index contributed by atoms with van der Waals surface area (Å²) >= 11 is 0. The molecule has 0 spiro atoms. The molecule has 3 unspecified atom stereocenters. The molecule has 0 radical (unpaired) electrons. The lowest BCUT2D eigenvalue weighted by atomic mass is 10.2. The van der Waals surface area contributed by atoms with Crippen molar-refractivity contribution in [3.05, 3.63) is 24.0 Å². The summed E-state index contributed by atoms with van der Waals surface area (Å²) in [4.78, 5) is 39.6. The molecule has 1 aromatic carbocycles. The van der Waals surface area contributed by atoms with Gasteiger partial charge in [0.05, 0.1) is 36.5 Å². The molecule has 0 aliphatic carbocycles. The van der Waals surface area contributed by atoms with Crippen molar-refractivity contribution in [3.63, 3.8) is 0 Å². The van der Waals surface area contributed by atoms with E-state index in [4.69, 9.17) is 4.74 Å². The summed E-state index contributed by atoms with van der Waals surface area (Å²) in [5.41, 5.74) is 0.887. The number of carbonyl (C=O) groups is 3. The topological polar surface area (TPSA) is 82.0 Å². The van der Waals surface area contributed by atoms with Gasteiger partial charge >= 0.3 is 6.09 Å². The van der Waals surface area contributed by atoms with Crippen LogP contribution in [-0.2, 0) is 14.3 Å². The molecule has 4 rings (SSSR count). The fourth-order valence-corrected chi connectivity index (χ4v) is 3.96. The first-order valence-corrected chi connectivity index (χ1v) is 8.91. The van der Waals surface area contributed by atoms with Crippen LogP contribution in [0.15, 0.2) is 18.2 Å². The molecule has 3 atom stereocenters. The number of hydrogen-bond acceptors (Lipinski definition) is 5. The van der Waals surface area contributed by atoms with Crippen LogP contribution in [-0.4, -0.2) is 67.2 Å². The van der Waals surface area contributed by atoms with Crippen LogP contribution < -0.4 is 15.1 Å². The summed E-state index contributed by atoms with van der Waals surface area (Å²) in [6.45, 7) is 4.64. The van der Waals surface area contributed by atoms with Crippen molar-refractivity contribution < 1.29 is 23.5 Å².